The molecule has 114 valence electrons. The van der Waals surface area contributed by atoms with Gasteiger partial charge in [-0.05, 0) is 58.6 Å². The van der Waals surface area contributed by atoms with E-state index in [0.29, 0.717) is 29.4 Å². The van der Waals surface area contributed by atoms with E-state index in [2.05, 4.69) is 0 Å². The SMILES string of the molecule is CCOc1cc(C)c(Cl)cc1C(O)C(N)CCN(C)C. The lowest BCUT2D eigenvalue weighted by Crippen LogP contribution is -2.32. The van der Waals surface area contributed by atoms with Crippen LogP contribution in [0.5, 0.6) is 5.75 Å². The van der Waals surface area contributed by atoms with Gasteiger partial charge in [0.15, 0.2) is 0 Å². The highest BCUT2D eigenvalue weighted by Crippen LogP contribution is 2.33. The first kappa shape index (κ1) is 17.2. The molecule has 20 heavy (non-hydrogen) atoms. The van der Waals surface area contributed by atoms with E-state index in [1.54, 1.807) is 6.07 Å². The predicted octanol–water partition coefficient (Wildman–Crippen LogP) is 2.36. The number of rotatable bonds is 7. The van der Waals surface area contributed by atoms with E-state index in [0.717, 1.165) is 12.1 Å². The van der Waals surface area contributed by atoms with E-state index in [4.69, 9.17) is 22.1 Å². The number of benzene rings is 1. The maximum absolute atomic E-state index is 10.4. The molecule has 0 saturated heterocycles. The number of hydrogen-bond donors (Lipinski definition) is 2. The molecule has 0 amide bonds. The maximum Gasteiger partial charge on any atom is 0.125 e. The van der Waals surface area contributed by atoms with Gasteiger partial charge in [-0.2, -0.15) is 0 Å². The van der Waals surface area contributed by atoms with Crippen LogP contribution in [-0.2, 0) is 0 Å². The number of aryl methyl sites for hydroxylation is 1. The maximum atomic E-state index is 10.4. The highest BCUT2D eigenvalue weighted by Gasteiger charge is 2.22. The van der Waals surface area contributed by atoms with Gasteiger partial charge in [0.25, 0.3) is 0 Å². The Hall–Kier alpha value is -0.810. The number of nitrogens with two attached hydrogens (primary N) is 1. The molecule has 1 rings (SSSR count). The molecule has 0 aliphatic rings. The quantitative estimate of drug-likeness (QED) is 0.811. The van der Waals surface area contributed by atoms with Gasteiger partial charge >= 0.3 is 0 Å². The molecule has 2 atom stereocenters. The van der Waals surface area contributed by atoms with Crippen molar-refractivity contribution in [3.05, 3.63) is 28.3 Å². The molecule has 1 aromatic rings. The molecule has 2 unspecified atom stereocenters. The Bertz CT molecular complexity index is 438. The molecule has 0 aliphatic carbocycles. The zero-order chi connectivity index (χ0) is 15.3. The van der Waals surface area contributed by atoms with E-state index in [1.807, 2.05) is 38.9 Å². The molecule has 0 radical (unpaired) electrons. The topological polar surface area (TPSA) is 58.7 Å². The first-order valence-electron chi connectivity index (χ1n) is 6.88. The smallest absolute Gasteiger partial charge is 0.125 e. The molecule has 0 aromatic heterocycles. The van der Waals surface area contributed by atoms with Crippen molar-refractivity contribution < 1.29 is 9.84 Å². The third-order valence-corrected chi connectivity index (χ3v) is 3.63. The summed E-state index contributed by atoms with van der Waals surface area (Å²) in [4.78, 5) is 2.04. The van der Waals surface area contributed by atoms with Crippen LogP contribution in [0.2, 0.25) is 5.02 Å². The summed E-state index contributed by atoms with van der Waals surface area (Å²) in [6, 6.07) is 3.25. The Balaban J connectivity index is 2.95. The zero-order valence-corrected chi connectivity index (χ0v) is 13.4. The molecule has 5 heteroatoms. The monoisotopic (exact) mass is 300 g/mol. The van der Waals surface area contributed by atoms with Gasteiger partial charge in [-0.15, -0.1) is 0 Å². The van der Waals surface area contributed by atoms with E-state index in [9.17, 15) is 5.11 Å². The van der Waals surface area contributed by atoms with Crippen molar-refractivity contribution in [2.45, 2.75) is 32.4 Å². The molecular weight excluding hydrogens is 276 g/mol. The Kier molecular flexibility index (Phi) is 6.76. The first-order valence-corrected chi connectivity index (χ1v) is 7.25. The van der Waals surface area contributed by atoms with Crippen LogP contribution in [0, 0.1) is 6.92 Å². The van der Waals surface area contributed by atoms with Crippen LogP contribution in [0.1, 0.15) is 30.6 Å². The van der Waals surface area contributed by atoms with Gasteiger partial charge in [-0.1, -0.05) is 11.6 Å². The molecule has 1 aromatic carbocycles. The van der Waals surface area contributed by atoms with Crippen LogP contribution in [0.15, 0.2) is 12.1 Å². The van der Waals surface area contributed by atoms with Crippen molar-refractivity contribution >= 4 is 11.6 Å². The van der Waals surface area contributed by atoms with Crippen LogP contribution in [0.4, 0.5) is 0 Å². The highest BCUT2D eigenvalue weighted by atomic mass is 35.5. The summed E-state index contributed by atoms with van der Waals surface area (Å²) in [5.41, 5.74) is 7.66. The van der Waals surface area contributed by atoms with Crippen molar-refractivity contribution in [3.8, 4) is 5.75 Å². The lowest BCUT2D eigenvalue weighted by Gasteiger charge is -2.23. The molecule has 3 N–H and O–H groups in total. The zero-order valence-electron chi connectivity index (χ0n) is 12.7. The van der Waals surface area contributed by atoms with Gasteiger partial charge in [-0.25, -0.2) is 0 Å². The van der Waals surface area contributed by atoms with Crippen molar-refractivity contribution in [2.24, 2.45) is 5.73 Å². The Morgan fingerprint density at radius 2 is 2.05 bits per heavy atom. The van der Waals surface area contributed by atoms with E-state index >= 15 is 0 Å². The summed E-state index contributed by atoms with van der Waals surface area (Å²) in [5, 5.41) is 11.1. The third-order valence-electron chi connectivity index (χ3n) is 3.22. The van der Waals surface area contributed by atoms with Crippen molar-refractivity contribution in [3.63, 3.8) is 0 Å². The average Bonchev–Trinajstić information content (AvgIpc) is 2.39. The number of aliphatic hydroxyl groups is 1. The number of halogens is 1. The number of ether oxygens (including phenoxy) is 1. The summed E-state index contributed by atoms with van der Waals surface area (Å²) in [6.45, 7) is 5.18. The number of hydrogen-bond acceptors (Lipinski definition) is 4. The second kappa shape index (κ2) is 7.84. The average molecular weight is 301 g/mol. The van der Waals surface area contributed by atoms with E-state index < -0.39 is 6.10 Å². The Morgan fingerprint density at radius 3 is 2.60 bits per heavy atom. The van der Waals surface area contributed by atoms with Crippen LogP contribution in [-0.4, -0.2) is 43.3 Å². The second-order valence-corrected chi connectivity index (χ2v) is 5.68. The molecule has 4 nitrogen and oxygen atoms in total. The van der Waals surface area contributed by atoms with Crippen molar-refractivity contribution in [1.82, 2.24) is 4.90 Å². The van der Waals surface area contributed by atoms with Gasteiger partial charge in [0.2, 0.25) is 0 Å². The lowest BCUT2D eigenvalue weighted by atomic mass is 9.98. The largest absolute Gasteiger partial charge is 0.493 e. The van der Waals surface area contributed by atoms with E-state index in [1.165, 1.54) is 0 Å². The molecule has 0 fully saturated rings. The van der Waals surface area contributed by atoms with Gasteiger partial charge < -0.3 is 20.5 Å². The summed E-state index contributed by atoms with van der Waals surface area (Å²) in [7, 11) is 3.96. The van der Waals surface area contributed by atoms with Crippen LogP contribution in [0.25, 0.3) is 0 Å². The van der Waals surface area contributed by atoms with Crippen LogP contribution < -0.4 is 10.5 Å². The highest BCUT2D eigenvalue weighted by molar-refractivity contribution is 6.31. The summed E-state index contributed by atoms with van der Waals surface area (Å²) in [6.07, 6.45) is -0.0831. The fourth-order valence-electron chi connectivity index (χ4n) is 1.98. The first-order chi connectivity index (χ1) is 9.36. The molecule has 0 spiro atoms. The minimum Gasteiger partial charge on any atom is -0.493 e. The van der Waals surface area contributed by atoms with Gasteiger partial charge in [0.1, 0.15) is 5.75 Å². The molecule has 0 heterocycles. The third kappa shape index (κ3) is 4.63. The van der Waals surface area contributed by atoms with Gasteiger partial charge in [0, 0.05) is 16.6 Å². The predicted molar refractivity (Wildman–Crippen MR) is 83.5 cm³/mol. The van der Waals surface area contributed by atoms with Crippen molar-refractivity contribution in [2.75, 3.05) is 27.2 Å². The lowest BCUT2D eigenvalue weighted by molar-refractivity contribution is 0.133. The normalized spacial score (nSPS) is 14.4. The molecular formula is C15H25ClN2O2. The minimum absolute atomic E-state index is 0.352. The van der Waals surface area contributed by atoms with Crippen molar-refractivity contribution in [1.29, 1.82) is 0 Å². The van der Waals surface area contributed by atoms with Crippen LogP contribution >= 0.6 is 11.6 Å². The molecule has 0 bridgehead atoms. The molecule has 0 saturated carbocycles. The van der Waals surface area contributed by atoms with Gasteiger partial charge in [-0.3, -0.25) is 0 Å². The molecule has 0 aliphatic heterocycles. The standard InChI is InChI=1S/C15H25ClN2O2/c1-5-20-14-8-10(2)12(16)9-11(14)15(19)13(17)6-7-18(3)4/h8-9,13,15,19H,5-7,17H2,1-4H3. The van der Waals surface area contributed by atoms with Gasteiger partial charge in [0.05, 0.1) is 12.7 Å². The van der Waals surface area contributed by atoms with Crippen LogP contribution in [0.3, 0.4) is 0 Å². The minimum atomic E-state index is -0.783. The van der Waals surface area contributed by atoms with E-state index in [-0.39, 0.29) is 6.04 Å². The summed E-state index contributed by atoms with van der Waals surface area (Å²) < 4.78 is 5.59. The number of nitrogens with zero attached hydrogens (tertiary/aromatic N) is 1. The second-order valence-electron chi connectivity index (χ2n) is 5.27. The summed E-state index contributed by atoms with van der Waals surface area (Å²) in [5.74, 6) is 0.655. The Morgan fingerprint density at radius 1 is 1.40 bits per heavy atom. The summed E-state index contributed by atoms with van der Waals surface area (Å²) >= 11 is 6.15. The number of aliphatic hydroxyl groups excluding tert-OH is 1. The fourth-order valence-corrected chi connectivity index (χ4v) is 2.15. The Labute approximate surface area is 126 Å². The fraction of sp³-hybridized carbons (Fsp3) is 0.600.